The van der Waals surface area contributed by atoms with Crippen LogP contribution in [0.2, 0.25) is 0 Å². The molecular formula is C17H25NO4. The molecule has 0 radical (unpaired) electrons. The van der Waals surface area contributed by atoms with Crippen LogP contribution in [0.5, 0.6) is 0 Å². The van der Waals surface area contributed by atoms with Crippen LogP contribution in [0.4, 0.5) is 0 Å². The molecule has 0 saturated heterocycles. The van der Waals surface area contributed by atoms with Gasteiger partial charge in [0.1, 0.15) is 6.04 Å². The average Bonchev–Trinajstić information content (AvgIpc) is 2.42. The number of carbonyl (C=O) groups excluding carboxylic acids is 1. The Kier molecular flexibility index (Phi) is 7.05. The highest BCUT2D eigenvalue weighted by Gasteiger charge is 2.21. The van der Waals surface area contributed by atoms with Crippen LogP contribution in [0.3, 0.4) is 0 Å². The number of carboxylic acids is 1. The van der Waals surface area contributed by atoms with Crippen LogP contribution in [0, 0.1) is 5.92 Å². The van der Waals surface area contributed by atoms with Gasteiger partial charge < -0.3 is 15.2 Å². The first kappa shape index (κ1) is 18.2. The minimum Gasteiger partial charge on any atom is -0.478 e. The molecule has 5 nitrogen and oxygen atoms in total. The molecule has 1 atom stereocenters. The molecule has 0 unspecified atom stereocenters. The molecule has 0 saturated carbocycles. The molecule has 0 fully saturated rings. The van der Waals surface area contributed by atoms with Crippen molar-refractivity contribution >= 4 is 11.9 Å². The number of carbonyl (C=O) groups is 2. The molecule has 22 heavy (non-hydrogen) atoms. The lowest BCUT2D eigenvalue weighted by Gasteiger charge is -2.21. The van der Waals surface area contributed by atoms with Crippen molar-refractivity contribution < 1.29 is 19.4 Å². The first-order valence-electron chi connectivity index (χ1n) is 7.55. The lowest BCUT2D eigenvalue weighted by atomic mass is 10.0. The average molecular weight is 307 g/mol. The fourth-order valence-electron chi connectivity index (χ4n) is 2.10. The molecule has 0 bridgehead atoms. The van der Waals surface area contributed by atoms with Crippen molar-refractivity contribution in [2.75, 3.05) is 0 Å². The Morgan fingerprint density at radius 3 is 2.45 bits per heavy atom. The van der Waals surface area contributed by atoms with E-state index >= 15 is 0 Å². The summed E-state index contributed by atoms with van der Waals surface area (Å²) in [6.45, 7) is 8.15. The summed E-state index contributed by atoms with van der Waals surface area (Å²) in [7, 11) is 0. The van der Waals surface area contributed by atoms with Gasteiger partial charge in [0.05, 0.1) is 11.7 Å². The van der Waals surface area contributed by atoms with Gasteiger partial charge in [-0.1, -0.05) is 26.0 Å². The monoisotopic (exact) mass is 307 g/mol. The van der Waals surface area contributed by atoms with Crippen LogP contribution < -0.4 is 5.32 Å². The van der Waals surface area contributed by atoms with E-state index in [4.69, 9.17) is 9.84 Å². The first-order chi connectivity index (χ1) is 10.3. The van der Waals surface area contributed by atoms with Gasteiger partial charge in [0.25, 0.3) is 0 Å². The van der Waals surface area contributed by atoms with E-state index in [0.29, 0.717) is 18.9 Å². The molecule has 0 aliphatic heterocycles. The summed E-state index contributed by atoms with van der Waals surface area (Å²) < 4.78 is 5.27. The zero-order chi connectivity index (χ0) is 16.7. The van der Waals surface area contributed by atoms with Crippen LogP contribution in [0.15, 0.2) is 24.3 Å². The van der Waals surface area contributed by atoms with Crippen LogP contribution in [-0.2, 0) is 16.1 Å². The summed E-state index contributed by atoms with van der Waals surface area (Å²) in [5, 5.41) is 12.2. The van der Waals surface area contributed by atoms with Gasteiger partial charge in [0.2, 0.25) is 0 Å². The molecule has 0 heterocycles. The number of nitrogens with one attached hydrogen (secondary N) is 1. The van der Waals surface area contributed by atoms with Crippen molar-refractivity contribution in [1.29, 1.82) is 0 Å². The van der Waals surface area contributed by atoms with E-state index < -0.39 is 12.0 Å². The molecule has 1 aromatic rings. The van der Waals surface area contributed by atoms with E-state index in [2.05, 4.69) is 5.32 Å². The van der Waals surface area contributed by atoms with Crippen LogP contribution in [0.1, 0.15) is 50.0 Å². The van der Waals surface area contributed by atoms with Gasteiger partial charge in [-0.15, -0.1) is 0 Å². The number of benzene rings is 1. The first-order valence-corrected chi connectivity index (χ1v) is 7.55. The minimum atomic E-state index is -0.959. The van der Waals surface area contributed by atoms with Gasteiger partial charge in [-0.25, -0.2) is 4.79 Å². The zero-order valence-corrected chi connectivity index (χ0v) is 13.6. The Bertz CT molecular complexity index is 511. The highest BCUT2D eigenvalue weighted by atomic mass is 16.5. The Labute approximate surface area is 131 Å². The number of esters is 1. The lowest BCUT2D eigenvalue weighted by molar-refractivity contribution is -0.150. The number of hydrogen-bond acceptors (Lipinski definition) is 4. The molecule has 0 amide bonds. The fourth-order valence-corrected chi connectivity index (χ4v) is 2.10. The standard InChI is InChI=1S/C17H25NO4/c1-11(2)8-15(17(21)22-12(3)4)18-10-13-6-5-7-14(9-13)16(19)20/h5-7,9,11-12,15,18H,8,10H2,1-4H3,(H,19,20)/t15-/m0/s1. The maximum atomic E-state index is 12.1. The molecule has 1 aromatic carbocycles. The van der Waals surface area contributed by atoms with E-state index in [1.54, 1.807) is 18.2 Å². The molecular weight excluding hydrogens is 282 g/mol. The Balaban J connectivity index is 2.72. The van der Waals surface area contributed by atoms with Crippen molar-refractivity contribution in [2.45, 2.75) is 52.8 Å². The Morgan fingerprint density at radius 1 is 1.23 bits per heavy atom. The van der Waals surface area contributed by atoms with Gasteiger partial charge in [-0.3, -0.25) is 4.79 Å². The maximum Gasteiger partial charge on any atom is 0.335 e. The molecule has 122 valence electrons. The van der Waals surface area contributed by atoms with Gasteiger partial charge in [-0.05, 0) is 43.9 Å². The van der Waals surface area contributed by atoms with Crippen molar-refractivity contribution in [3.63, 3.8) is 0 Å². The van der Waals surface area contributed by atoms with Gasteiger partial charge >= 0.3 is 11.9 Å². The zero-order valence-electron chi connectivity index (χ0n) is 13.6. The topological polar surface area (TPSA) is 75.6 Å². The van der Waals surface area contributed by atoms with E-state index in [1.807, 2.05) is 33.8 Å². The normalized spacial score (nSPS) is 12.5. The predicted octanol–water partition coefficient (Wildman–Crippen LogP) is 2.84. The SMILES string of the molecule is CC(C)C[C@H](NCc1cccc(C(=O)O)c1)C(=O)OC(C)C. The van der Waals surface area contributed by atoms with Crippen molar-refractivity contribution in [3.05, 3.63) is 35.4 Å². The van der Waals surface area contributed by atoms with Gasteiger partial charge in [-0.2, -0.15) is 0 Å². The highest BCUT2D eigenvalue weighted by molar-refractivity contribution is 5.87. The van der Waals surface area contributed by atoms with Crippen molar-refractivity contribution in [3.8, 4) is 0 Å². The van der Waals surface area contributed by atoms with E-state index in [9.17, 15) is 9.59 Å². The number of ether oxygens (including phenoxy) is 1. The Hall–Kier alpha value is -1.88. The van der Waals surface area contributed by atoms with E-state index in [1.165, 1.54) is 0 Å². The van der Waals surface area contributed by atoms with Crippen LogP contribution in [-0.4, -0.2) is 29.2 Å². The molecule has 5 heteroatoms. The van der Waals surface area contributed by atoms with Crippen LogP contribution >= 0.6 is 0 Å². The molecule has 0 aliphatic rings. The van der Waals surface area contributed by atoms with Crippen LogP contribution in [0.25, 0.3) is 0 Å². The molecule has 0 aromatic heterocycles. The quantitative estimate of drug-likeness (QED) is 0.722. The van der Waals surface area contributed by atoms with E-state index in [0.717, 1.165) is 5.56 Å². The maximum absolute atomic E-state index is 12.1. The predicted molar refractivity (Wildman–Crippen MR) is 84.7 cm³/mol. The Morgan fingerprint density at radius 2 is 1.91 bits per heavy atom. The number of rotatable bonds is 8. The molecule has 1 rings (SSSR count). The third kappa shape index (κ3) is 6.26. The molecule has 0 aliphatic carbocycles. The number of carboxylic acid groups (broad SMARTS) is 1. The third-order valence-corrected chi connectivity index (χ3v) is 3.07. The van der Waals surface area contributed by atoms with Crippen molar-refractivity contribution in [2.24, 2.45) is 5.92 Å². The summed E-state index contributed by atoms with van der Waals surface area (Å²) in [4.78, 5) is 23.1. The summed E-state index contributed by atoms with van der Waals surface area (Å²) >= 11 is 0. The number of aromatic carboxylic acids is 1. The van der Waals surface area contributed by atoms with Gasteiger partial charge in [0, 0.05) is 6.54 Å². The third-order valence-electron chi connectivity index (χ3n) is 3.07. The largest absolute Gasteiger partial charge is 0.478 e. The van der Waals surface area contributed by atoms with Gasteiger partial charge in [0.15, 0.2) is 0 Å². The summed E-state index contributed by atoms with van der Waals surface area (Å²) in [6, 6.07) is 6.29. The van der Waals surface area contributed by atoms with E-state index in [-0.39, 0.29) is 17.6 Å². The number of hydrogen-bond donors (Lipinski definition) is 2. The fraction of sp³-hybridized carbons (Fsp3) is 0.529. The summed E-state index contributed by atoms with van der Waals surface area (Å²) in [5.74, 6) is -0.875. The minimum absolute atomic E-state index is 0.153. The van der Waals surface area contributed by atoms with Crippen molar-refractivity contribution in [1.82, 2.24) is 5.32 Å². The lowest BCUT2D eigenvalue weighted by Crippen LogP contribution is -2.39. The summed E-state index contributed by atoms with van der Waals surface area (Å²) in [5.41, 5.74) is 1.07. The summed E-state index contributed by atoms with van der Waals surface area (Å²) in [6.07, 6.45) is 0.517. The highest BCUT2D eigenvalue weighted by Crippen LogP contribution is 2.10. The second kappa shape index (κ2) is 8.54. The molecule has 0 spiro atoms. The molecule has 2 N–H and O–H groups in total. The second-order valence-corrected chi connectivity index (χ2v) is 6.05. The smallest absolute Gasteiger partial charge is 0.335 e. The second-order valence-electron chi connectivity index (χ2n) is 6.05.